The molecule has 1 fully saturated rings. The first-order valence-electron chi connectivity index (χ1n) is 6.72. The molecule has 1 saturated carbocycles. The lowest BCUT2D eigenvalue weighted by Gasteiger charge is -2.26. The Morgan fingerprint density at radius 1 is 1.24 bits per heavy atom. The maximum atomic E-state index is 13.4. The molecule has 7 heteroatoms. The van der Waals surface area contributed by atoms with Crippen LogP contribution in [0, 0.1) is 11.7 Å². The van der Waals surface area contributed by atoms with Crippen molar-refractivity contribution in [2.24, 2.45) is 5.92 Å². The van der Waals surface area contributed by atoms with Crippen molar-refractivity contribution in [1.29, 1.82) is 0 Å². The van der Waals surface area contributed by atoms with E-state index in [-0.39, 0.29) is 11.7 Å². The van der Waals surface area contributed by atoms with E-state index in [0.29, 0.717) is 5.92 Å². The van der Waals surface area contributed by atoms with Crippen LogP contribution in [-0.2, 0) is 13.8 Å². The molecule has 1 aromatic rings. The Labute approximate surface area is 127 Å². The highest BCUT2D eigenvalue weighted by atomic mass is 35.7. The summed E-state index contributed by atoms with van der Waals surface area (Å²) >= 11 is 0. The smallest absolute Gasteiger partial charge is 0.338 e. The summed E-state index contributed by atoms with van der Waals surface area (Å²) in [5.74, 6) is -0.960. The van der Waals surface area contributed by atoms with Crippen LogP contribution in [0.15, 0.2) is 23.1 Å². The summed E-state index contributed by atoms with van der Waals surface area (Å²) in [6.45, 7) is 2.14. The maximum absolute atomic E-state index is 13.4. The molecule has 1 aliphatic carbocycles. The third-order valence-electron chi connectivity index (χ3n) is 3.63. The van der Waals surface area contributed by atoms with Gasteiger partial charge >= 0.3 is 5.97 Å². The number of hydrogen-bond acceptors (Lipinski definition) is 4. The van der Waals surface area contributed by atoms with Gasteiger partial charge in [0, 0.05) is 10.7 Å². The lowest BCUT2D eigenvalue weighted by Crippen LogP contribution is -2.23. The molecular formula is C14H16ClFO4S. The highest BCUT2D eigenvalue weighted by molar-refractivity contribution is 8.13. The Balaban J connectivity index is 2.14. The number of hydrogen-bond donors (Lipinski definition) is 0. The SMILES string of the molecule is CC1CCC(OC(=O)c2cc(F)cc(S(=O)(=O)Cl)c2)CC1. The van der Waals surface area contributed by atoms with Crippen molar-refractivity contribution in [3.8, 4) is 0 Å². The van der Waals surface area contributed by atoms with Gasteiger partial charge in [0.15, 0.2) is 0 Å². The Kier molecular flexibility index (Phi) is 4.88. The van der Waals surface area contributed by atoms with Gasteiger partial charge in [0.2, 0.25) is 0 Å². The highest BCUT2D eigenvalue weighted by Crippen LogP contribution is 2.27. The van der Waals surface area contributed by atoms with E-state index in [4.69, 9.17) is 15.4 Å². The van der Waals surface area contributed by atoms with Crippen molar-refractivity contribution >= 4 is 25.7 Å². The number of rotatable bonds is 3. The van der Waals surface area contributed by atoms with Crippen LogP contribution in [-0.4, -0.2) is 20.5 Å². The van der Waals surface area contributed by atoms with Crippen LogP contribution in [0.2, 0.25) is 0 Å². The predicted molar refractivity (Wildman–Crippen MR) is 76.3 cm³/mol. The Morgan fingerprint density at radius 2 is 1.86 bits per heavy atom. The maximum Gasteiger partial charge on any atom is 0.338 e. The van der Waals surface area contributed by atoms with Gasteiger partial charge in [0.05, 0.1) is 10.5 Å². The van der Waals surface area contributed by atoms with Gasteiger partial charge in [-0.15, -0.1) is 0 Å². The first-order chi connectivity index (χ1) is 9.75. The third-order valence-corrected chi connectivity index (χ3v) is 4.96. The van der Waals surface area contributed by atoms with Crippen molar-refractivity contribution in [3.05, 3.63) is 29.6 Å². The second kappa shape index (κ2) is 6.32. The van der Waals surface area contributed by atoms with E-state index in [1.54, 1.807) is 0 Å². The standard InChI is InChI=1S/C14H16ClFO4S/c1-9-2-4-12(5-3-9)20-14(17)10-6-11(16)8-13(7-10)21(15,18)19/h6-9,12H,2-5H2,1H3. The molecule has 21 heavy (non-hydrogen) atoms. The Morgan fingerprint density at radius 3 is 2.43 bits per heavy atom. The summed E-state index contributed by atoms with van der Waals surface area (Å²) in [5, 5.41) is 0. The van der Waals surface area contributed by atoms with E-state index in [0.717, 1.165) is 43.9 Å². The fourth-order valence-electron chi connectivity index (χ4n) is 2.39. The van der Waals surface area contributed by atoms with E-state index >= 15 is 0 Å². The van der Waals surface area contributed by atoms with Crippen LogP contribution >= 0.6 is 10.7 Å². The lowest BCUT2D eigenvalue weighted by molar-refractivity contribution is 0.0173. The van der Waals surface area contributed by atoms with Gasteiger partial charge in [0.25, 0.3) is 9.05 Å². The van der Waals surface area contributed by atoms with E-state index in [1.165, 1.54) is 0 Å². The topological polar surface area (TPSA) is 60.4 Å². The van der Waals surface area contributed by atoms with E-state index in [2.05, 4.69) is 6.92 Å². The van der Waals surface area contributed by atoms with Gasteiger partial charge in [0.1, 0.15) is 11.9 Å². The first-order valence-corrected chi connectivity index (χ1v) is 9.03. The molecular weight excluding hydrogens is 319 g/mol. The molecule has 0 heterocycles. The van der Waals surface area contributed by atoms with Gasteiger partial charge in [-0.2, -0.15) is 0 Å². The van der Waals surface area contributed by atoms with Gasteiger partial charge in [-0.3, -0.25) is 0 Å². The van der Waals surface area contributed by atoms with Crippen LogP contribution in [0.1, 0.15) is 43.0 Å². The number of carbonyl (C=O) groups excluding carboxylic acids is 1. The lowest BCUT2D eigenvalue weighted by atomic mass is 9.89. The van der Waals surface area contributed by atoms with Crippen LogP contribution in [0.4, 0.5) is 4.39 Å². The number of benzene rings is 1. The normalized spacial score (nSPS) is 22.8. The van der Waals surface area contributed by atoms with Crippen LogP contribution in [0.25, 0.3) is 0 Å². The molecule has 0 atom stereocenters. The molecule has 2 rings (SSSR count). The summed E-state index contributed by atoms with van der Waals surface area (Å²) in [4.78, 5) is 11.5. The monoisotopic (exact) mass is 334 g/mol. The third kappa shape index (κ3) is 4.41. The van der Waals surface area contributed by atoms with Crippen molar-refractivity contribution < 1.29 is 22.3 Å². The van der Waals surface area contributed by atoms with Crippen LogP contribution in [0.3, 0.4) is 0 Å². The number of halogens is 2. The summed E-state index contributed by atoms with van der Waals surface area (Å²) in [6, 6.07) is 2.74. The fourth-order valence-corrected chi connectivity index (χ4v) is 3.18. The number of ether oxygens (including phenoxy) is 1. The molecule has 1 aromatic carbocycles. The molecule has 4 nitrogen and oxygen atoms in total. The Hall–Kier alpha value is -1.14. The van der Waals surface area contributed by atoms with E-state index in [1.807, 2.05) is 0 Å². The van der Waals surface area contributed by atoms with Gasteiger partial charge in [-0.05, 0) is 49.8 Å². The number of carbonyl (C=O) groups is 1. The average molecular weight is 335 g/mol. The predicted octanol–water partition coefficient (Wildman–Crippen LogP) is 3.49. The molecule has 1 aliphatic rings. The second-order valence-corrected chi connectivity index (χ2v) is 7.97. The van der Waals surface area contributed by atoms with Crippen LogP contribution in [0.5, 0.6) is 0 Å². The molecule has 0 spiro atoms. The van der Waals surface area contributed by atoms with Crippen molar-refractivity contribution in [1.82, 2.24) is 0 Å². The molecule has 0 radical (unpaired) electrons. The van der Waals surface area contributed by atoms with Gasteiger partial charge < -0.3 is 4.74 Å². The van der Waals surface area contributed by atoms with Crippen LogP contribution < -0.4 is 0 Å². The van der Waals surface area contributed by atoms with Crippen molar-refractivity contribution in [2.75, 3.05) is 0 Å². The minimum Gasteiger partial charge on any atom is -0.459 e. The van der Waals surface area contributed by atoms with Gasteiger partial charge in [-0.25, -0.2) is 17.6 Å². The average Bonchev–Trinajstić information content (AvgIpc) is 2.39. The summed E-state index contributed by atoms with van der Waals surface area (Å²) in [6.07, 6.45) is 3.28. The number of esters is 1. The largest absolute Gasteiger partial charge is 0.459 e. The summed E-state index contributed by atoms with van der Waals surface area (Å²) in [7, 11) is 1.07. The zero-order valence-corrected chi connectivity index (χ0v) is 13.1. The Bertz CT molecular complexity index is 636. The molecule has 0 amide bonds. The minimum atomic E-state index is -4.10. The molecule has 0 bridgehead atoms. The zero-order valence-electron chi connectivity index (χ0n) is 11.5. The summed E-state index contributed by atoms with van der Waals surface area (Å²) in [5.41, 5.74) is -0.146. The zero-order chi connectivity index (χ0) is 15.6. The molecule has 0 N–H and O–H groups in total. The van der Waals surface area contributed by atoms with Crippen molar-refractivity contribution in [3.63, 3.8) is 0 Å². The van der Waals surface area contributed by atoms with Crippen molar-refractivity contribution in [2.45, 2.75) is 43.6 Å². The molecule has 0 aromatic heterocycles. The molecule has 0 saturated heterocycles. The molecule has 0 aliphatic heterocycles. The first kappa shape index (κ1) is 16.2. The molecule has 0 unspecified atom stereocenters. The quantitative estimate of drug-likeness (QED) is 0.627. The second-order valence-electron chi connectivity index (χ2n) is 5.40. The van der Waals surface area contributed by atoms with E-state index in [9.17, 15) is 17.6 Å². The van der Waals surface area contributed by atoms with E-state index < -0.39 is 25.7 Å². The van der Waals surface area contributed by atoms with Gasteiger partial charge in [-0.1, -0.05) is 6.92 Å². The summed E-state index contributed by atoms with van der Waals surface area (Å²) < 4.78 is 41.2. The highest BCUT2D eigenvalue weighted by Gasteiger charge is 2.23. The molecule has 116 valence electrons. The minimum absolute atomic E-state index is 0.146. The fraction of sp³-hybridized carbons (Fsp3) is 0.500.